The minimum atomic E-state index is 0.233. The highest BCUT2D eigenvalue weighted by Gasteiger charge is 2.09. The summed E-state index contributed by atoms with van der Waals surface area (Å²) in [6.45, 7) is 4.09. The average Bonchev–Trinajstić information content (AvgIpc) is 2.86. The molecule has 0 aliphatic carbocycles. The lowest BCUT2D eigenvalue weighted by Gasteiger charge is -2.03. The van der Waals surface area contributed by atoms with Crippen LogP contribution < -0.4 is 5.32 Å². The number of aromatic nitrogens is 3. The Balaban J connectivity index is 2.17. The number of hydrogen-bond donors (Lipinski definition) is 1. The maximum atomic E-state index is 8.77. The first kappa shape index (κ1) is 11.9. The van der Waals surface area contributed by atoms with Gasteiger partial charge in [-0.3, -0.25) is 4.68 Å². The summed E-state index contributed by atoms with van der Waals surface area (Å²) >= 11 is 7.00. The molecule has 2 heterocycles. The van der Waals surface area contributed by atoms with Gasteiger partial charge in [-0.2, -0.15) is 10.4 Å². The first-order valence-electron chi connectivity index (χ1n) is 4.97. The lowest BCUT2D eigenvalue weighted by Crippen LogP contribution is -1.99. The van der Waals surface area contributed by atoms with Crippen molar-refractivity contribution < 1.29 is 0 Å². The zero-order chi connectivity index (χ0) is 12.4. The largest absolute Gasteiger partial charge is 0.329 e. The molecule has 88 valence electrons. The van der Waals surface area contributed by atoms with E-state index in [0.29, 0.717) is 16.1 Å². The van der Waals surface area contributed by atoms with Crippen molar-refractivity contribution in [2.75, 3.05) is 5.32 Å². The van der Waals surface area contributed by atoms with Gasteiger partial charge in [-0.25, -0.2) is 4.98 Å². The molecule has 17 heavy (non-hydrogen) atoms. The summed E-state index contributed by atoms with van der Waals surface area (Å²) in [5.41, 5.74) is 0.827. The number of thiazole rings is 1. The van der Waals surface area contributed by atoms with Crippen LogP contribution in [0.4, 0.5) is 10.8 Å². The first-order chi connectivity index (χ1) is 8.10. The van der Waals surface area contributed by atoms with Crippen LogP contribution in [0.25, 0.3) is 0 Å². The van der Waals surface area contributed by atoms with Gasteiger partial charge in [0.25, 0.3) is 0 Å². The van der Waals surface area contributed by atoms with Crippen LogP contribution in [0.15, 0.2) is 12.4 Å². The Morgan fingerprint density at radius 2 is 2.35 bits per heavy atom. The van der Waals surface area contributed by atoms with Crippen molar-refractivity contribution in [2.24, 2.45) is 0 Å². The van der Waals surface area contributed by atoms with Crippen LogP contribution in [0, 0.1) is 11.3 Å². The molecule has 0 aromatic carbocycles. The number of hydrogen-bond acceptors (Lipinski definition) is 5. The Hall–Kier alpha value is -1.58. The normalized spacial score (nSPS) is 10.5. The van der Waals surface area contributed by atoms with E-state index < -0.39 is 0 Å². The summed E-state index contributed by atoms with van der Waals surface area (Å²) < 4.78 is 1.84. The molecule has 0 amide bonds. The van der Waals surface area contributed by atoms with E-state index >= 15 is 0 Å². The molecule has 0 fully saturated rings. The maximum absolute atomic E-state index is 8.77. The van der Waals surface area contributed by atoms with Crippen LogP contribution in [0.2, 0.25) is 5.15 Å². The van der Waals surface area contributed by atoms with Gasteiger partial charge in [-0.1, -0.05) is 22.9 Å². The van der Waals surface area contributed by atoms with Gasteiger partial charge in [0, 0.05) is 12.2 Å². The number of nitrogens with zero attached hydrogens (tertiary/aromatic N) is 4. The van der Waals surface area contributed by atoms with Gasteiger partial charge in [0.15, 0.2) is 10.3 Å². The Bertz CT molecular complexity index is 566. The molecule has 7 heteroatoms. The zero-order valence-corrected chi connectivity index (χ0v) is 10.9. The van der Waals surface area contributed by atoms with Gasteiger partial charge in [0.05, 0.1) is 11.9 Å². The summed E-state index contributed by atoms with van der Waals surface area (Å²) in [4.78, 5) is 4.45. The van der Waals surface area contributed by atoms with Crippen molar-refractivity contribution in [2.45, 2.75) is 19.9 Å². The second-order valence-corrected chi connectivity index (χ2v) is 5.04. The zero-order valence-electron chi connectivity index (χ0n) is 9.31. The SMILES string of the molecule is CC(C)n1cc(Nc2nc(Cl)c(C#N)s2)cn1. The Kier molecular flexibility index (Phi) is 3.31. The predicted octanol–water partition coefficient (Wildman–Crippen LogP) is 3.19. The Labute approximate surface area is 108 Å². The van der Waals surface area contributed by atoms with Crippen LogP contribution in [-0.2, 0) is 0 Å². The fourth-order valence-corrected chi connectivity index (χ4v) is 2.20. The molecule has 2 rings (SSSR count). The van der Waals surface area contributed by atoms with Crippen LogP contribution in [0.3, 0.4) is 0 Å². The van der Waals surface area contributed by atoms with Gasteiger partial charge in [-0.15, -0.1) is 0 Å². The van der Waals surface area contributed by atoms with Crippen molar-refractivity contribution in [1.29, 1.82) is 5.26 Å². The molecule has 0 saturated carbocycles. The topological polar surface area (TPSA) is 66.5 Å². The monoisotopic (exact) mass is 267 g/mol. The molecule has 0 saturated heterocycles. The van der Waals surface area contributed by atoms with Crippen molar-refractivity contribution in [3.05, 3.63) is 22.4 Å². The van der Waals surface area contributed by atoms with E-state index in [0.717, 1.165) is 5.69 Å². The smallest absolute Gasteiger partial charge is 0.189 e. The standard InChI is InChI=1S/C10H10ClN5S/c1-6(2)16-5-7(4-13-16)14-10-15-9(11)8(3-12)17-10/h4-6H,1-2H3,(H,14,15). The van der Waals surface area contributed by atoms with Crippen molar-refractivity contribution >= 4 is 33.8 Å². The van der Waals surface area contributed by atoms with E-state index in [-0.39, 0.29) is 5.15 Å². The van der Waals surface area contributed by atoms with Crippen LogP contribution >= 0.6 is 22.9 Å². The van der Waals surface area contributed by atoms with E-state index in [1.165, 1.54) is 11.3 Å². The van der Waals surface area contributed by atoms with Crippen molar-refractivity contribution in [3.63, 3.8) is 0 Å². The Morgan fingerprint density at radius 1 is 1.59 bits per heavy atom. The molecule has 0 spiro atoms. The molecule has 0 aliphatic rings. The van der Waals surface area contributed by atoms with E-state index in [4.69, 9.17) is 16.9 Å². The summed E-state index contributed by atoms with van der Waals surface area (Å²) in [5.74, 6) is 0. The van der Waals surface area contributed by atoms with Crippen molar-refractivity contribution in [1.82, 2.24) is 14.8 Å². The third-order valence-electron chi connectivity index (χ3n) is 2.07. The molecular weight excluding hydrogens is 258 g/mol. The third-order valence-corrected chi connectivity index (χ3v) is 3.33. The third kappa shape index (κ3) is 2.57. The highest BCUT2D eigenvalue weighted by molar-refractivity contribution is 7.16. The molecule has 0 atom stereocenters. The van der Waals surface area contributed by atoms with E-state index in [2.05, 4.69) is 15.4 Å². The molecule has 2 aromatic rings. The predicted molar refractivity (Wildman–Crippen MR) is 67.7 cm³/mol. The lowest BCUT2D eigenvalue weighted by molar-refractivity contribution is 0.532. The fraction of sp³-hybridized carbons (Fsp3) is 0.300. The second-order valence-electron chi connectivity index (χ2n) is 3.68. The number of anilines is 2. The lowest BCUT2D eigenvalue weighted by atomic mass is 10.4. The molecule has 2 aromatic heterocycles. The molecule has 5 nitrogen and oxygen atoms in total. The molecular formula is C10H10ClN5S. The Morgan fingerprint density at radius 3 is 2.88 bits per heavy atom. The van der Waals surface area contributed by atoms with E-state index in [1.807, 2.05) is 30.8 Å². The maximum Gasteiger partial charge on any atom is 0.189 e. The number of nitriles is 1. The van der Waals surface area contributed by atoms with Crippen LogP contribution in [0.1, 0.15) is 24.8 Å². The van der Waals surface area contributed by atoms with Gasteiger partial charge in [0.2, 0.25) is 0 Å². The summed E-state index contributed by atoms with van der Waals surface area (Å²) in [6.07, 6.45) is 3.59. The van der Waals surface area contributed by atoms with Gasteiger partial charge < -0.3 is 5.32 Å². The minimum Gasteiger partial charge on any atom is -0.329 e. The summed E-state index contributed by atoms with van der Waals surface area (Å²) in [6, 6.07) is 2.29. The minimum absolute atomic E-state index is 0.233. The van der Waals surface area contributed by atoms with E-state index in [9.17, 15) is 0 Å². The van der Waals surface area contributed by atoms with E-state index in [1.54, 1.807) is 6.20 Å². The van der Waals surface area contributed by atoms with Crippen LogP contribution in [0.5, 0.6) is 0 Å². The molecule has 0 bridgehead atoms. The molecule has 0 radical (unpaired) electrons. The first-order valence-corrected chi connectivity index (χ1v) is 6.17. The van der Waals surface area contributed by atoms with Crippen LogP contribution in [-0.4, -0.2) is 14.8 Å². The highest BCUT2D eigenvalue weighted by Crippen LogP contribution is 2.28. The second kappa shape index (κ2) is 4.73. The number of halogens is 1. The highest BCUT2D eigenvalue weighted by atomic mass is 35.5. The average molecular weight is 268 g/mol. The van der Waals surface area contributed by atoms with Gasteiger partial charge in [0.1, 0.15) is 10.9 Å². The summed E-state index contributed by atoms with van der Waals surface area (Å²) in [7, 11) is 0. The van der Waals surface area contributed by atoms with Gasteiger partial charge in [-0.05, 0) is 13.8 Å². The quantitative estimate of drug-likeness (QED) is 0.927. The fourth-order valence-electron chi connectivity index (χ4n) is 1.23. The van der Waals surface area contributed by atoms with Crippen molar-refractivity contribution in [3.8, 4) is 6.07 Å². The number of rotatable bonds is 3. The van der Waals surface area contributed by atoms with Gasteiger partial charge >= 0.3 is 0 Å². The molecule has 0 aliphatic heterocycles. The molecule has 0 unspecified atom stereocenters. The summed E-state index contributed by atoms with van der Waals surface area (Å²) in [5, 5.41) is 16.8. The number of nitrogens with one attached hydrogen (secondary N) is 1. The molecule has 1 N–H and O–H groups in total.